The molecule has 0 aromatic carbocycles. The van der Waals surface area contributed by atoms with Gasteiger partial charge in [-0.2, -0.15) is 0 Å². The van der Waals surface area contributed by atoms with Gasteiger partial charge in [-0.3, -0.25) is 14.5 Å². The lowest BCUT2D eigenvalue weighted by Crippen LogP contribution is -2.45. The summed E-state index contributed by atoms with van der Waals surface area (Å²) in [5.74, 6) is -0.243. The Morgan fingerprint density at radius 3 is 2.67 bits per heavy atom. The largest absolute Gasteiger partial charge is 0.352 e. The van der Waals surface area contributed by atoms with Crippen molar-refractivity contribution in [2.24, 2.45) is 0 Å². The Kier molecular flexibility index (Phi) is 4.16. The molecule has 6 heteroatoms. The van der Waals surface area contributed by atoms with Crippen molar-refractivity contribution in [3.05, 3.63) is 0 Å². The van der Waals surface area contributed by atoms with Gasteiger partial charge in [0.1, 0.15) is 12.6 Å². The second-order valence-corrected chi connectivity index (χ2v) is 5.38. The molecule has 1 saturated heterocycles. The molecule has 0 bridgehead atoms. The van der Waals surface area contributed by atoms with Crippen LogP contribution in [0.3, 0.4) is 0 Å². The van der Waals surface area contributed by atoms with Crippen molar-refractivity contribution in [3.8, 4) is 0 Å². The number of nitrogens with zero attached hydrogens (tertiary/aromatic N) is 1. The van der Waals surface area contributed by atoms with Gasteiger partial charge in [-0.1, -0.05) is 19.3 Å². The summed E-state index contributed by atoms with van der Waals surface area (Å²) in [6.07, 6.45) is 5.68. The number of rotatable bonds is 3. The third-order valence-electron chi connectivity index (χ3n) is 3.49. The zero-order valence-corrected chi connectivity index (χ0v) is 11.4. The van der Waals surface area contributed by atoms with Crippen molar-refractivity contribution in [2.75, 3.05) is 6.54 Å². The van der Waals surface area contributed by atoms with E-state index in [0.29, 0.717) is 5.11 Å². The molecule has 0 spiro atoms. The number of carbonyl (C=O) groups is 2. The third kappa shape index (κ3) is 2.98. The molecule has 1 unspecified atom stereocenters. The number of thiocarbonyl (C=S) groups is 1. The summed E-state index contributed by atoms with van der Waals surface area (Å²) in [5, 5.41) is 6.19. The molecule has 2 N–H and O–H groups in total. The lowest BCUT2D eigenvalue weighted by atomic mass is 9.95. The van der Waals surface area contributed by atoms with E-state index in [1.807, 2.05) is 0 Å². The molecule has 18 heavy (non-hydrogen) atoms. The van der Waals surface area contributed by atoms with Crippen LogP contribution in [0.25, 0.3) is 0 Å². The highest BCUT2D eigenvalue weighted by Gasteiger charge is 2.33. The highest BCUT2D eigenvalue weighted by atomic mass is 32.1. The maximum atomic E-state index is 11.9. The molecule has 2 fully saturated rings. The van der Waals surface area contributed by atoms with Gasteiger partial charge >= 0.3 is 0 Å². The molecule has 2 amide bonds. The number of hydrogen-bond donors (Lipinski definition) is 2. The molecule has 100 valence electrons. The van der Waals surface area contributed by atoms with E-state index in [9.17, 15) is 9.59 Å². The summed E-state index contributed by atoms with van der Waals surface area (Å²) in [5.41, 5.74) is 0. The second kappa shape index (κ2) is 5.65. The van der Waals surface area contributed by atoms with Crippen LogP contribution >= 0.6 is 12.2 Å². The minimum absolute atomic E-state index is 0.0332. The highest BCUT2D eigenvalue weighted by molar-refractivity contribution is 7.80. The minimum Gasteiger partial charge on any atom is -0.352 e. The molecule has 0 aromatic rings. The quantitative estimate of drug-likeness (QED) is 0.734. The van der Waals surface area contributed by atoms with Crippen molar-refractivity contribution >= 4 is 29.1 Å². The summed E-state index contributed by atoms with van der Waals surface area (Å²) >= 11 is 5.03. The molecule has 1 heterocycles. The van der Waals surface area contributed by atoms with Gasteiger partial charge in [0.25, 0.3) is 5.91 Å². The first-order chi connectivity index (χ1) is 8.58. The number of amides is 2. The number of nitrogens with one attached hydrogen (secondary N) is 2. The first kappa shape index (κ1) is 13.3. The zero-order chi connectivity index (χ0) is 13.1. The third-order valence-corrected chi connectivity index (χ3v) is 3.83. The average molecular weight is 269 g/mol. The summed E-state index contributed by atoms with van der Waals surface area (Å²) in [6, 6.07) is -0.0529. The topological polar surface area (TPSA) is 61.4 Å². The van der Waals surface area contributed by atoms with E-state index >= 15 is 0 Å². The fraction of sp³-hybridized carbons (Fsp3) is 0.750. The minimum atomic E-state index is -0.319. The van der Waals surface area contributed by atoms with Crippen molar-refractivity contribution < 1.29 is 9.59 Å². The van der Waals surface area contributed by atoms with E-state index < -0.39 is 0 Å². The Morgan fingerprint density at radius 2 is 2.11 bits per heavy atom. The van der Waals surface area contributed by atoms with Gasteiger partial charge in [0.2, 0.25) is 5.91 Å². The SMILES string of the molecule is CC1NC(=S)N(CC(=O)NC2CCCCC2)C1=O. The molecular weight excluding hydrogens is 250 g/mol. The first-order valence-corrected chi connectivity index (χ1v) is 6.90. The molecule has 1 aliphatic heterocycles. The summed E-state index contributed by atoms with van der Waals surface area (Å²) in [4.78, 5) is 25.0. The maximum Gasteiger partial charge on any atom is 0.251 e. The van der Waals surface area contributed by atoms with Gasteiger partial charge in [-0.25, -0.2) is 0 Å². The van der Waals surface area contributed by atoms with Crippen molar-refractivity contribution in [3.63, 3.8) is 0 Å². The van der Waals surface area contributed by atoms with Crippen LogP contribution < -0.4 is 10.6 Å². The molecule has 0 radical (unpaired) electrons. The van der Waals surface area contributed by atoms with Gasteiger partial charge in [-0.15, -0.1) is 0 Å². The predicted octanol–water partition coefficient (Wildman–Crippen LogP) is 0.540. The number of hydrogen-bond acceptors (Lipinski definition) is 3. The standard InChI is InChI=1S/C12H19N3O2S/c1-8-11(17)15(12(18)13-8)7-10(16)14-9-5-3-2-4-6-9/h8-9H,2-7H2,1H3,(H,13,18)(H,14,16). The van der Waals surface area contributed by atoms with Gasteiger partial charge in [-0.05, 0) is 32.0 Å². The van der Waals surface area contributed by atoms with E-state index in [-0.39, 0.29) is 30.4 Å². The molecule has 2 rings (SSSR count). The molecule has 1 atom stereocenters. The van der Waals surface area contributed by atoms with E-state index in [0.717, 1.165) is 12.8 Å². The maximum absolute atomic E-state index is 11.9. The molecule has 2 aliphatic rings. The van der Waals surface area contributed by atoms with Gasteiger partial charge in [0.15, 0.2) is 5.11 Å². The predicted molar refractivity (Wildman–Crippen MR) is 71.9 cm³/mol. The van der Waals surface area contributed by atoms with E-state index in [4.69, 9.17) is 12.2 Å². The van der Waals surface area contributed by atoms with E-state index in [2.05, 4.69) is 10.6 Å². The smallest absolute Gasteiger partial charge is 0.251 e. The lowest BCUT2D eigenvalue weighted by Gasteiger charge is -2.24. The Balaban J connectivity index is 1.83. The van der Waals surface area contributed by atoms with Crippen molar-refractivity contribution in [1.82, 2.24) is 15.5 Å². The highest BCUT2D eigenvalue weighted by Crippen LogP contribution is 2.17. The fourth-order valence-electron chi connectivity index (χ4n) is 2.47. The summed E-state index contributed by atoms with van der Waals surface area (Å²) < 4.78 is 0. The zero-order valence-electron chi connectivity index (χ0n) is 10.6. The van der Waals surface area contributed by atoms with Crippen molar-refractivity contribution in [1.29, 1.82) is 0 Å². The fourth-order valence-corrected chi connectivity index (χ4v) is 2.80. The monoisotopic (exact) mass is 269 g/mol. The number of carbonyl (C=O) groups excluding carboxylic acids is 2. The Bertz CT molecular complexity index is 366. The van der Waals surface area contributed by atoms with Crippen LogP contribution in [-0.4, -0.2) is 40.5 Å². The second-order valence-electron chi connectivity index (χ2n) is 5.00. The molecule has 5 nitrogen and oxygen atoms in total. The Labute approximate surface area is 112 Å². The summed E-state index contributed by atoms with van der Waals surface area (Å²) in [6.45, 7) is 1.78. The van der Waals surface area contributed by atoms with Gasteiger partial charge in [0.05, 0.1) is 0 Å². The Morgan fingerprint density at radius 1 is 1.44 bits per heavy atom. The molecule has 1 saturated carbocycles. The van der Waals surface area contributed by atoms with E-state index in [1.54, 1.807) is 6.92 Å². The molecular formula is C12H19N3O2S. The van der Waals surface area contributed by atoms with Gasteiger partial charge in [0, 0.05) is 6.04 Å². The van der Waals surface area contributed by atoms with Crippen LogP contribution in [0.5, 0.6) is 0 Å². The normalized spacial score (nSPS) is 25.2. The Hall–Kier alpha value is -1.17. The molecule has 0 aromatic heterocycles. The van der Waals surface area contributed by atoms with Gasteiger partial charge < -0.3 is 10.6 Å². The summed E-state index contributed by atoms with van der Waals surface area (Å²) in [7, 11) is 0. The average Bonchev–Trinajstić information content (AvgIpc) is 2.57. The van der Waals surface area contributed by atoms with Crippen LogP contribution in [-0.2, 0) is 9.59 Å². The van der Waals surface area contributed by atoms with Crippen LogP contribution in [0.2, 0.25) is 0 Å². The van der Waals surface area contributed by atoms with Crippen LogP contribution in [0.1, 0.15) is 39.0 Å². The molecule has 1 aliphatic carbocycles. The lowest BCUT2D eigenvalue weighted by molar-refractivity contribution is -0.131. The van der Waals surface area contributed by atoms with Crippen LogP contribution in [0.4, 0.5) is 0 Å². The van der Waals surface area contributed by atoms with E-state index in [1.165, 1.54) is 24.2 Å². The van der Waals surface area contributed by atoms with Crippen molar-refractivity contribution in [2.45, 2.75) is 51.1 Å². The first-order valence-electron chi connectivity index (χ1n) is 6.49. The van der Waals surface area contributed by atoms with Crippen LogP contribution in [0.15, 0.2) is 0 Å². The van der Waals surface area contributed by atoms with Crippen LogP contribution in [0, 0.1) is 0 Å².